The Labute approximate surface area is 231 Å². The zero-order valence-electron chi connectivity index (χ0n) is 20.8. The predicted molar refractivity (Wildman–Crippen MR) is 145 cm³/mol. The molecule has 12 nitrogen and oxygen atoms in total. The van der Waals surface area contributed by atoms with Crippen LogP contribution in [-0.2, 0) is 16.0 Å². The van der Waals surface area contributed by atoms with Crippen molar-refractivity contribution in [3.05, 3.63) is 94.0 Å². The van der Waals surface area contributed by atoms with Crippen LogP contribution in [0.2, 0.25) is 5.02 Å². The number of tetrazole rings is 1. The lowest BCUT2D eigenvalue weighted by Gasteiger charge is -2.15. The van der Waals surface area contributed by atoms with Gasteiger partial charge in [0.2, 0.25) is 5.91 Å². The molecule has 4 heterocycles. The van der Waals surface area contributed by atoms with E-state index in [0.29, 0.717) is 35.1 Å². The highest BCUT2D eigenvalue weighted by molar-refractivity contribution is 6.31. The molecule has 0 saturated carbocycles. The van der Waals surface area contributed by atoms with Crippen LogP contribution in [0.5, 0.6) is 0 Å². The molecule has 1 atom stereocenters. The summed E-state index contributed by atoms with van der Waals surface area (Å²) in [6, 6.07) is 15.6. The first kappa shape index (κ1) is 25.2. The van der Waals surface area contributed by atoms with E-state index in [2.05, 4.69) is 30.8 Å². The third kappa shape index (κ3) is 4.87. The molecular formula is C27H21ClN8O4. The molecule has 40 heavy (non-hydrogen) atoms. The van der Waals surface area contributed by atoms with Crippen LogP contribution in [0.4, 0.5) is 5.69 Å². The third-order valence-corrected chi connectivity index (χ3v) is 6.94. The molecule has 3 aromatic heterocycles. The minimum atomic E-state index is -1.19. The van der Waals surface area contributed by atoms with Gasteiger partial charge in [-0.15, -0.1) is 5.10 Å². The predicted octanol–water partition coefficient (Wildman–Crippen LogP) is 3.48. The molecule has 0 bridgehead atoms. The minimum absolute atomic E-state index is 0.156. The smallest absolute Gasteiger partial charge is 0.312 e. The van der Waals surface area contributed by atoms with E-state index in [-0.39, 0.29) is 11.6 Å². The van der Waals surface area contributed by atoms with Gasteiger partial charge in [0.05, 0.1) is 23.6 Å². The van der Waals surface area contributed by atoms with Crippen LogP contribution in [0.3, 0.4) is 0 Å². The van der Waals surface area contributed by atoms with Gasteiger partial charge >= 0.3 is 5.97 Å². The fourth-order valence-electron chi connectivity index (χ4n) is 4.95. The molecule has 2 aromatic carbocycles. The average Bonchev–Trinajstić information content (AvgIpc) is 3.69. The van der Waals surface area contributed by atoms with Crippen molar-refractivity contribution in [2.24, 2.45) is 0 Å². The van der Waals surface area contributed by atoms with Gasteiger partial charge in [0.1, 0.15) is 18.6 Å². The summed E-state index contributed by atoms with van der Waals surface area (Å²) in [4.78, 5) is 43.7. The summed E-state index contributed by atoms with van der Waals surface area (Å²) in [5.41, 5.74) is 4.97. The van der Waals surface area contributed by atoms with Crippen molar-refractivity contribution in [1.82, 2.24) is 34.7 Å². The lowest BCUT2D eigenvalue weighted by atomic mass is 10.0. The molecule has 3 N–H and O–H groups in total. The van der Waals surface area contributed by atoms with E-state index in [4.69, 9.17) is 16.7 Å². The maximum absolute atomic E-state index is 13.4. The summed E-state index contributed by atoms with van der Waals surface area (Å²) < 4.78 is 3.29. The number of amides is 1. The largest absolute Gasteiger partial charge is 0.481 e. The van der Waals surface area contributed by atoms with Crippen LogP contribution in [0.25, 0.3) is 28.1 Å². The van der Waals surface area contributed by atoms with Crippen LogP contribution in [0.15, 0.2) is 71.9 Å². The van der Waals surface area contributed by atoms with E-state index >= 15 is 0 Å². The lowest BCUT2D eigenvalue weighted by Crippen LogP contribution is -2.23. The molecule has 200 valence electrons. The first-order valence-corrected chi connectivity index (χ1v) is 12.7. The van der Waals surface area contributed by atoms with Crippen LogP contribution in [0, 0.1) is 0 Å². The first-order chi connectivity index (χ1) is 19.4. The fraction of sp³-hybridized carbons (Fsp3) is 0.148. The second-order valence-electron chi connectivity index (χ2n) is 9.29. The number of pyridine rings is 1. The SMILES string of the molecule is O=C(O)CC(=O)Nc1ccc(-c2cnc(C3CCc4cc(-c5cc(Cl)ccc5-n5cnnn5)cc(=O)n43)[nH]2)cc1. The van der Waals surface area contributed by atoms with Gasteiger partial charge in [0.25, 0.3) is 5.56 Å². The van der Waals surface area contributed by atoms with Crippen LogP contribution in [-0.4, -0.2) is 51.7 Å². The van der Waals surface area contributed by atoms with Crippen LogP contribution >= 0.6 is 11.6 Å². The molecule has 0 saturated heterocycles. The van der Waals surface area contributed by atoms with Gasteiger partial charge < -0.3 is 20.0 Å². The van der Waals surface area contributed by atoms with Gasteiger partial charge in [0, 0.05) is 28.0 Å². The molecule has 0 fully saturated rings. The van der Waals surface area contributed by atoms with Gasteiger partial charge in [-0.25, -0.2) is 4.98 Å². The number of aliphatic carboxylic acids is 1. The molecule has 1 unspecified atom stereocenters. The molecule has 1 aliphatic heterocycles. The van der Waals surface area contributed by atoms with Crippen molar-refractivity contribution in [2.45, 2.75) is 25.3 Å². The monoisotopic (exact) mass is 556 g/mol. The average molecular weight is 557 g/mol. The second kappa shape index (κ2) is 10.2. The molecule has 5 aromatic rings. The molecule has 1 amide bonds. The maximum Gasteiger partial charge on any atom is 0.312 e. The number of aryl methyl sites for hydroxylation is 1. The van der Waals surface area contributed by atoms with Crippen molar-refractivity contribution in [3.63, 3.8) is 0 Å². The number of rotatable bonds is 7. The number of nitrogens with one attached hydrogen (secondary N) is 2. The number of aromatic nitrogens is 7. The van der Waals surface area contributed by atoms with Crippen LogP contribution < -0.4 is 10.9 Å². The highest BCUT2D eigenvalue weighted by Crippen LogP contribution is 2.34. The highest BCUT2D eigenvalue weighted by atomic mass is 35.5. The zero-order valence-corrected chi connectivity index (χ0v) is 21.5. The Morgan fingerprint density at radius 1 is 1.10 bits per heavy atom. The van der Waals surface area contributed by atoms with Crippen molar-refractivity contribution >= 4 is 29.2 Å². The maximum atomic E-state index is 13.4. The van der Waals surface area contributed by atoms with Gasteiger partial charge in [-0.3, -0.25) is 14.4 Å². The summed E-state index contributed by atoms with van der Waals surface area (Å²) in [6.07, 6.45) is 3.98. The number of H-pyrrole nitrogens is 1. The Morgan fingerprint density at radius 2 is 1.93 bits per heavy atom. The first-order valence-electron chi connectivity index (χ1n) is 12.3. The number of hydrogen-bond acceptors (Lipinski definition) is 7. The number of carbonyl (C=O) groups is 2. The zero-order chi connectivity index (χ0) is 27.8. The number of carboxylic acid groups (broad SMARTS) is 1. The molecule has 0 radical (unpaired) electrons. The Bertz CT molecular complexity index is 1790. The van der Waals surface area contributed by atoms with Gasteiger partial charge in [0.15, 0.2) is 0 Å². The minimum Gasteiger partial charge on any atom is -0.481 e. The summed E-state index contributed by atoms with van der Waals surface area (Å²) in [5.74, 6) is -1.12. The van der Waals surface area contributed by atoms with Crippen molar-refractivity contribution in [1.29, 1.82) is 0 Å². The van der Waals surface area contributed by atoms with Gasteiger partial charge in [-0.1, -0.05) is 23.7 Å². The quantitative estimate of drug-likeness (QED) is 0.257. The van der Waals surface area contributed by atoms with E-state index in [1.54, 1.807) is 53.2 Å². The normalized spacial score (nSPS) is 14.2. The fourth-order valence-corrected chi connectivity index (χ4v) is 5.12. The Balaban J connectivity index is 1.26. The number of anilines is 1. The van der Waals surface area contributed by atoms with E-state index in [1.807, 2.05) is 12.1 Å². The topological polar surface area (TPSA) is 161 Å². The highest BCUT2D eigenvalue weighted by Gasteiger charge is 2.28. The number of carbonyl (C=O) groups excluding carboxylic acids is 1. The molecule has 0 spiro atoms. The Morgan fingerprint density at radius 3 is 2.67 bits per heavy atom. The van der Waals surface area contributed by atoms with E-state index in [0.717, 1.165) is 28.1 Å². The summed E-state index contributed by atoms with van der Waals surface area (Å²) >= 11 is 6.29. The Hall–Kier alpha value is -5.10. The van der Waals surface area contributed by atoms with Crippen molar-refractivity contribution in [2.75, 3.05) is 5.32 Å². The number of nitrogens with zero attached hydrogens (tertiary/aromatic N) is 6. The molecule has 1 aliphatic rings. The summed E-state index contributed by atoms with van der Waals surface area (Å²) in [6.45, 7) is 0. The van der Waals surface area contributed by atoms with Gasteiger partial charge in [-0.2, -0.15) is 4.68 Å². The molecule has 0 aliphatic carbocycles. The number of halogens is 1. The number of imidazole rings is 1. The number of fused-ring (bicyclic) bond motifs is 1. The molecule has 13 heteroatoms. The summed E-state index contributed by atoms with van der Waals surface area (Å²) in [5, 5.41) is 23.2. The van der Waals surface area contributed by atoms with E-state index in [1.165, 1.54) is 11.0 Å². The Kier molecular flexibility index (Phi) is 6.44. The standard InChI is InChI=1S/C27H21ClN8O4/c28-17-3-7-22(35-14-30-33-34-35)20(11-17)16-9-19-6-8-23(36(19)25(38)10-16)27-29-13-21(32-27)15-1-4-18(5-2-15)31-24(37)12-26(39)40/h1-5,7,9-11,13-14,23H,6,8,12H2,(H,29,32)(H,31,37)(H,39,40). The van der Waals surface area contributed by atoms with Crippen molar-refractivity contribution < 1.29 is 14.7 Å². The molecule has 6 rings (SSSR count). The number of hydrogen-bond donors (Lipinski definition) is 3. The second-order valence-corrected chi connectivity index (χ2v) is 9.73. The molecular weight excluding hydrogens is 536 g/mol. The van der Waals surface area contributed by atoms with Gasteiger partial charge in [-0.05, 0) is 70.8 Å². The van der Waals surface area contributed by atoms with E-state index in [9.17, 15) is 14.4 Å². The van der Waals surface area contributed by atoms with Crippen LogP contribution in [0.1, 0.15) is 30.4 Å². The van der Waals surface area contributed by atoms with Crippen molar-refractivity contribution in [3.8, 4) is 28.1 Å². The number of benzene rings is 2. The number of carboxylic acids is 1. The van der Waals surface area contributed by atoms with E-state index < -0.39 is 18.3 Å². The number of aromatic amines is 1. The summed E-state index contributed by atoms with van der Waals surface area (Å²) in [7, 11) is 0. The lowest BCUT2D eigenvalue weighted by molar-refractivity contribution is -0.139. The third-order valence-electron chi connectivity index (χ3n) is 6.70.